The van der Waals surface area contributed by atoms with Crippen LogP contribution in [0.4, 0.5) is 0 Å². The average molecular weight is 392 g/mol. The Morgan fingerprint density at radius 3 is 1.93 bits per heavy atom. The molecule has 2 aromatic carbocycles. The van der Waals surface area contributed by atoms with Gasteiger partial charge in [-0.25, -0.2) is 0 Å². The highest BCUT2D eigenvalue weighted by Crippen LogP contribution is 2.43. The van der Waals surface area contributed by atoms with Crippen LogP contribution in [-0.4, -0.2) is 55.9 Å². The quantitative estimate of drug-likeness (QED) is 0.543. The number of rotatable bonds is 11. The summed E-state index contributed by atoms with van der Waals surface area (Å²) < 4.78 is 38.6. The van der Waals surface area contributed by atoms with Gasteiger partial charge in [0.2, 0.25) is 0 Å². The van der Waals surface area contributed by atoms with Gasteiger partial charge in [0, 0.05) is 26.4 Å². The fourth-order valence-electron chi connectivity index (χ4n) is 2.91. The van der Waals surface area contributed by atoms with Crippen molar-refractivity contribution in [3.63, 3.8) is 0 Å². The molecule has 0 aliphatic rings. The molecule has 0 aliphatic heterocycles. The van der Waals surface area contributed by atoms with Gasteiger partial charge >= 0.3 is 0 Å². The summed E-state index contributed by atoms with van der Waals surface area (Å²) >= 11 is 0. The van der Waals surface area contributed by atoms with Gasteiger partial charge in [-0.15, -0.1) is 0 Å². The smallest absolute Gasteiger partial charge is 0.161 e. The molecule has 28 heavy (non-hydrogen) atoms. The molecule has 0 saturated heterocycles. The molecule has 1 unspecified atom stereocenters. The Morgan fingerprint density at radius 1 is 0.679 bits per heavy atom. The molecule has 0 aromatic heterocycles. The van der Waals surface area contributed by atoms with Gasteiger partial charge in [0.1, 0.15) is 30.0 Å². The lowest BCUT2D eigenvalue weighted by Crippen LogP contribution is -2.12. The van der Waals surface area contributed by atoms with E-state index in [0.29, 0.717) is 42.0 Å². The van der Waals surface area contributed by atoms with E-state index in [1.54, 1.807) is 54.8 Å². The molecular weight excluding hydrogens is 364 g/mol. The van der Waals surface area contributed by atoms with Gasteiger partial charge in [-0.3, -0.25) is 0 Å². The number of hydrogen-bond donors (Lipinski definition) is 0. The molecule has 0 bridgehead atoms. The molecule has 7 heteroatoms. The summed E-state index contributed by atoms with van der Waals surface area (Å²) in [4.78, 5) is 0. The van der Waals surface area contributed by atoms with E-state index in [-0.39, 0.29) is 0 Å². The van der Waals surface area contributed by atoms with Crippen LogP contribution in [0.2, 0.25) is 0 Å². The highest BCUT2D eigenvalue weighted by Gasteiger charge is 2.25. The van der Waals surface area contributed by atoms with Crippen LogP contribution in [0.1, 0.15) is 17.2 Å². The monoisotopic (exact) mass is 392 g/mol. The Balaban J connectivity index is 2.57. The van der Waals surface area contributed by atoms with E-state index in [1.165, 1.54) is 0 Å². The number of methoxy groups -OCH3 is 6. The topological polar surface area (TPSA) is 64.6 Å². The zero-order valence-corrected chi connectivity index (χ0v) is 17.2. The molecule has 2 rings (SSSR count). The summed E-state index contributed by atoms with van der Waals surface area (Å²) in [7, 11) is 9.63. The van der Waals surface area contributed by atoms with E-state index in [9.17, 15) is 0 Å². The van der Waals surface area contributed by atoms with Crippen LogP contribution in [0.15, 0.2) is 30.3 Å². The Bertz CT molecular complexity index is 761. The lowest BCUT2D eigenvalue weighted by molar-refractivity contribution is 0.121. The van der Waals surface area contributed by atoms with E-state index in [4.69, 9.17) is 33.2 Å². The molecule has 1 atom stereocenters. The third-order valence-electron chi connectivity index (χ3n) is 4.29. The van der Waals surface area contributed by atoms with Crippen molar-refractivity contribution in [2.75, 3.05) is 55.9 Å². The molecule has 0 amide bonds. The van der Waals surface area contributed by atoms with E-state index in [2.05, 4.69) is 0 Å². The van der Waals surface area contributed by atoms with Crippen molar-refractivity contribution in [1.82, 2.24) is 0 Å². The maximum atomic E-state index is 5.95. The first-order valence-corrected chi connectivity index (χ1v) is 8.75. The molecule has 0 saturated carbocycles. The average Bonchev–Trinajstić information content (AvgIpc) is 2.74. The zero-order chi connectivity index (χ0) is 20.5. The standard InChI is InChI=1S/C21H28O7/c1-22-9-10-28-19-13-15(23-2)12-18(26-5)20(19)21(27-6)14-7-8-16(24-3)17(11-14)25-4/h7-8,11-13,21H,9-10H2,1-6H3. The van der Waals surface area contributed by atoms with Crippen molar-refractivity contribution in [2.45, 2.75) is 6.10 Å². The molecule has 0 radical (unpaired) electrons. The molecule has 0 aliphatic carbocycles. The van der Waals surface area contributed by atoms with Crippen molar-refractivity contribution in [3.05, 3.63) is 41.5 Å². The van der Waals surface area contributed by atoms with E-state index in [0.717, 1.165) is 11.1 Å². The minimum atomic E-state index is -0.460. The SMILES string of the molecule is COCCOc1cc(OC)cc(OC)c1C(OC)c1ccc(OC)c(OC)c1. The third kappa shape index (κ3) is 4.79. The lowest BCUT2D eigenvalue weighted by atomic mass is 9.98. The summed E-state index contributed by atoms with van der Waals surface area (Å²) in [5.74, 6) is 3.05. The van der Waals surface area contributed by atoms with Crippen LogP contribution in [0.5, 0.6) is 28.7 Å². The van der Waals surface area contributed by atoms with E-state index >= 15 is 0 Å². The van der Waals surface area contributed by atoms with Crippen LogP contribution in [-0.2, 0) is 9.47 Å². The Hall–Kier alpha value is -2.64. The Labute approximate surface area is 166 Å². The second-order valence-corrected chi connectivity index (χ2v) is 5.81. The normalized spacial score (nSPS) is 11.6. The van der Waals surface area contributed by atoms with E-state index < -0.39 is 6.10 Å². The molecular formula is C21H28O7. The largest absolute Gasteiger partial charge is 0.496 e. The summed E-state index contributed by atoms with van der Waals surface area (Å²) in [5, 5.41) is 0. The maximum absolute atomic E-state index is 5.95. The fourth-order valence-corrected chi connectivity index (χ4v) is 2.91. The van der Waals surface area contributed by atoms with Crippen LogP contribution in [0, 0.1) is 0 Å². The Kier molecular flexibility index (Phi) is 8.22. The number of benzene rings is 2. The van der Waals surface area contributed by atoms with Gasteiger partial charge in [-0.05, 0) is 17.7 Å². The summed E-state index contributed by atoms with van der Waals surface area (Å²) in [5.41, 5.74) is 1.61. The first-order valence-electron chi connectivity index (χ1n) is 8.75. The van der Waals surface area contributed by atoms with E-state index in [1.807, 2.05) is 18.2 Å². The summed E-state index contributed by atoms with van der Waals surface area (Å²) in [6.45, 7) is 0.829. The lowest BCUT2D eigenvalue weighted by Gasteiger charge is -2.24. The Morgan fingerprint density at radius 2 is 1.36 bits per heavy atom. The van der Waals surface area contributed by atoms with Crippen molar-refractivity contribution < 1.29 is 33.2 Å². The number of hydrogen-bond acceptors (Lipinski definition) is 7. The first-order chi connectivity index (χ1) is 13.6. The second kappa shape index (κ2) is 10.6. The zero-order valence-electron chi connectivity index (χ0n) is 17.2. The highest BCUT2D eigenvalue weighted by atomic mass is 16.5. The fraction of sp³-hybridized carbons (Fsp3) is 0.429. The maximum Gasteiger partial charge on any atom is 0.161 e. The first kappa shape index (κ1) is 21.7. The van der Waals surface area contributed by atoms with Crippen LogP contribution < -0.4 is 23.7 Å². The van der Waals surface area contributed by atoms with Gasteiger partial charge in [0.05, 0.1) is 40.6 Å². The summed E-state index contributed by atoms with van der Waals surface area (Å²) in [6, 6.07) is 9.22. The van der Waals surface area contributed by atoms with Crippen molar-refractivity contribution >= 4 is 0 Å². The minimum absolute atomic E-state index is 0.377. The minimum Gasteiger partial charge on any atom is -0.496 e. The van der Waals surface area contributed by atoms with Crippen LogP contribution in [0.3, 0.4) is 0 Å². The predicted octanol–water partition coefficient (Wildman–Crippen LogP) is 3.48. The third-order valence-corrected chi connectivity index (χ3v) is 4.29. The number of ether oxygens (including phenoxy) is 7. The molecule has 154 valence electrons. The van der Waals surface area contributed by atoms with Crippen molar-refractivity contribution in [2.24, 2.45) is 0 Å². The molecule has 2 aromatic rings. The van der Waals surface area contributed by atoms with Gasteiger partial charge in [-0.1, -0.05) is 6.07 Å². The van der Waals surface area contributed by atoms with Gasteiger partial charge in [0.25, 0.3) is 0 Å². The van der Waals surface area contributed by atoms with Gasteiger partial charge in [0.15, 0.2) is 11.5 Å². The molecule has 0 spiro atoms. The summed E-state index contributed by atoms with van der Waals surface area (Å²) in [6.07, 6.45) is -0.460. The van der Waals surface area contributed by atoms with Crippen LogP contribution >= 0.6 is 0 Å². The predicted molar refractivity (Wildman–Crippen MR) is 105 cm³/mol. The molecule has 0 N–H and O–H groups in total. The van der Waals surface area contributed by atoms with Crippen molar-refractivity contribution in [1.29, 1.82) is 0 Å². The highest BCUT2D eigenvalue weighted by molar-refractivity contribution is 5.55. The van der Waals surface area contributed by atoms with Gasteiger partial charge < -0.3 is 33.2 Å². The molecule has 0 fully saturated rings. The van der Waals surface area contributed by atoms with Gasteiger partial charge in [-0.2, -0.15) is 0 Å². The second-order valence-electron chi connectivity index (χ2n) is 5.81. The molecule has 0 heterocycles. The van der Waals surface area contributed by atoms with Crippen molar-refractivity contribution in [3.8, 4) is 28.7 Å². The molecule has 7 nitrogen and oxygen atoms in total. The van der Waals surface area contributed by atoms with Crippen LogP contribution in [0.25, 0.3) is 0 Å².